The van der Waals surface area contributed by atoms with Gasteiger partial charge in [0.25, 0.3) is 0 Å². The van der Waals surface area contributed by atoms with Gasteiger partial charge in [0, 0.05) is 0 Å². The summed E-state index contributed by atoms with van der Waals surface area (Å²) >= 11 is 11.9. The highest BCUT2D eigenvalue weighted by Gasteiger charge is 2.10. The van der Waals surface area contributed by atoms with E-state index in [1.165, 1.54) is 31.2 Å². The number of benzene rings is 1. The Morgan fingerprint density at radius 2 is 1.60 bits per heavy atom. The molecule has 84 valence electrons. The molecule has 1 aromatic rings. The quantitative estimate of drug-likeness (QED) is 0.626. The minimum Gasteiger partial charge on any atom is -0.0827 e. The maximum atomic E-state index is 6.03. The lowest BCUT2D eigenvalue weighted by Gasteiger charge is -2.16. The fourth-order valence-electron chi connectivity index (χ4n) is 1.94. The lowest BCUT2D eigenvalue weighted by Crippen LogP contribution is -1.98. The molecular formula is C13H18Cl2. The minimum absolute atomic E-state index is 0.634. The molecule has 0 bridgehead atoms. The molecule has 2 heteroatoms. The van der Waals surface area contributed by atoms with Gasteiger partial charge in [0.15, 0.2) is 0 Å². The first-order chi connectivity index (χ1) is 7.19. The molecule has 0 N–H and O–H groups in total. The van der Waals surface area contributed by atoms with Crippen molar-refractivity contribution in [3.8, 4) is 0 Å². The first-order valence-electron chi connectivity index (χ1n) is 5.64. The van der Waals surface area contributed by atoms with Gasteiger partial charge in [0.05, 0.1) is 10.0 Å². The summed E-state index contributed by atoms with van der Waals surface area (Å²) in [6.07, 6.45) is 4.88. The third kappa shape index (κ3) is 3.70. The van der Waals surface area contributed by atoms with Crippen LogP contribution in [0.3, 0.4) is 0 Å². The summed E-state index contributed by atoms with van der Waals surface area (Å²) in [7, 11) is 0. The van der Waals surface area contributed by atoms with Crippen molar-refractivity contribution in [3.63, 3.8) is 0 Å². The predicted octanol–water partition coefficient (Wildman–Crippen LogP) is 5.68. The molecule has 15 heavy (non-hydrogen) atoms. The Morgan fingerprint density at radius 3 is 2.07 bits per heavy atom. The summed E-state index contributed by atoms with van der Waals surface area (Å²) in [5.74, 6) is 0.634. The van der Waals surface area contributed by atoms with Crippen LogP contribution in [0.1, 0.15) is 51.0 Å². The first-order valence-corrected chi connectivity index (χ1v) is 6.39. The Balaban J connectivity index is 2.85. The molecule has 0 saturated carbocycles. The Hall–Kier alpha value is -0.200. The molecule has 1 rings (SSSR count). The van der Waals surface area contributed by atoms with E-state index in [1.54, 1.807) is 0 Å². The summed E-state index contributed by atoms with van der Waals surface area (Å²) < 4.78 is 0. The van der Waals surface area contributed by atoms with Crippen LogP contribution in [0.5, 0.6) is 0 Å². The summed E-state index contributed by atoms with van der Waals surface area (Å²) in [6.45, 7) is 4.44. The van der Waals surface area contributed by atoms with Crippen molar-refractivity contribution in [1.29, 1.82) is 0 Å². The highest BCUT2D eigenvalue weighted by atomic mass is 35.5. The average Bonchev–Trinajstić information content (AvgIpc) is 2.22. The van der Waals surface area contributed by atoms with E-state index in [-0.39, 0.29) is 0 Å². The second kappa shape index (κ2) is 6.40. The SMILES string of the molecule is CCCC(CCC)c1ccc(Cl)c(Cl)c1. The minimum atomic E-state index is 0.634. The molecule has 0 spiro atoms. The summed E-state index contributed by atoms with van der Waals surface area (Å²) in [4.78, 5) is 0. The summed E-state index contributed by atoms with van der Waals surface area (Å²) in [6, 6.07) is 6.02. The molecule has 0 saturated heterocycles. The zero-order valence-electron chi connectivity index (χ0n) is 9.39. The van der Waals surface area contributed by atoms with Gasteiger partial charge in [-0.1, -0.05) is 56.0 Å². The predicted molar refractivity (Wildman–Crippen MR) is 69.0 cm³/mol. The van der Waals surface area contributed by atoms with E-state index in [0.717, 1.165) is 0 Å². The van der Waals surface area contributed by atoms with Crippen LogP contribution in [0.15, 0.2) is 18.2 Å². The van der Waals surface area contributed by atoms with Gasteiger partial charge >= 0.3 is 0 Å². The molecule has 0 aliphatic rings. The van der Waals surface area contributed by atoms with Crippen molar-refractivity contribution >= 4 is 23.2 Å². The third-order valence-corrected chi connectivity index (χ3v) is 3.43. The van der Waals surface area contributed by atoms with E-state index < -0.39 is 0 Å². The van der Waals surface area contributed by atoms with Crippen LogP contribution in [0.25, 0.3) is 0 Å². The topological polar surface area (TPSA) is 0 Å². The van der Waals surface area contributed by atoms with Crippen LogP contribution in [0.4, 0.5) is 0 Å². The van der Waals surface area contributed by atoms with E-state index in [1.807, 2.05) is 12.1 Å². The van der Waals surface area contributed by atoms with Crippen molar-refractivity contribution < 1.29 is 0 Å². The third-order valence-electron chi connectivity index (χ3n) is 2.69. The van der Waals surface area contributed by atoms with Crippen LogP contribution < -0.4 is 0 Å². The molecule has 0 heterocycles. The van der Waals surface area contributed by atoms with Gasteiger partial charge in [-0.15, -0.1) is 0 Å². The Labute approximate surface area is 103 Å². The number of hydrogen-bond donors (Lipinski definition) is 0. The largest absolute Gasteiger partial charge is 0.0827 e. The Kier molecular flexibility index (Phi) is 5.49. The van der Waals surface area contributed by atoms with Gasteiger partial charge in [-0.3, -0.25) is 0 Å². The van der Waals surface area contributed by atoms with Gasteiger partial charge < -0.3 is 0 Å². The van der Waals surface area contributed by atoms with Gasteiger partial charge in [0.2, 0.25) is 0 Å². The fraction of sp³-hybridized carbons (Fsp3) is 0.538. The van der Waals surface area contributed by atoms with Gasteiger partial charge in [-0.2, -0.15) is 0 Å². The molecule has 0 amide bonds. The normalized spacial score (nSPS) is 11.0. The van der Waals surface area contributed by atoms with E-state index in [4.69, 9.17) is 23.2 Å². The van der Waals surface area contributed by atoms with Crippen molar-refractivity contribution in [2.75, 3.05) is 0 Å². The second-order valence-electron chi connectivity index (χ2n) is 3.95. The van der Waals surface area contributed by atoms with Crippen LogP contribution in [0.2, 0.25) is 10.0 Å². The number of halogens is 2. The smallest absolute Gasteiger partial charge is 0.0595 e. The molecular weight excluding hydrogens is 227 g/mol. The molecule has 0 atom stereocenters. The zero-order chi connectivity index (χ0) is 11.3. The monoisotopic (exact) mass is 244 g/mol. The molecule has 0 fully saturated rings. The van der Waals surface area contributed by atoms with Crippen molar-refractivity contribution in [3.05, 3.63) is 33.8 Å². The van der Waals surface area contributed by atoms with Crippen LogP contribution in [-0.4, -0.2) is 0 Å². The van der Waals surface area contributed by atoms with Crippen molar-refractivity contribution in [2.24, 2.45) is 0 Å². The molecule has 0 nitrogen and oxygen atoms in total. The zero-order valence-corrected chi connectivity index (χ0v) is 10.9. The van der Waals surface area contributed by atoms with E-state index in [2.05, 4.69) is 19.9 Å². The summed E-state index contributed by atoms with van der Waals surface area (Å²) in [5.41, 5.74) is 1.33. The molecule has 0 aliphatic heterocycles. The molecule has 0 aliphatic carbocycles. The fourth-order valence-corrected chi connectivity index (χ4v) is 2.25. The molecule has 0 unspecified atom stereocenters. The van der Waals surface area contributed by atoms with Crippen molar-refractivity contribution in [1.82, 2.24) is 0 Å². The van der Waals surface area contributed by atoms with Gasteiger partial charge in [0.1, 0.15) is 0 Å². The highest BCUT2D eigenvalue weighted by Crippen LogP contribution is 2.31. The highest BCUT2D eigenvalue weighted by molar-refractivity contribution is 6.42. The second-order valence-corrected chi connectivity index (χ2v) is 4.76. The summed E-state index contributed by atoms with van der Waals surface area (Å²) in [5, 5.41) is 1.32. The Bertz CT molecular complexity index is 301. The average molecular weight is 245 g/mol. The maximum Gasteiger partial charge on any atom is 0.0595 e. The standard InChI is InChI=1S/C13H18Cl2/c1-3-5-10(6-4-2)11-7-8-12(14)13(15)9-11/h7-10H,3-6H2,1-2H3. The van der Waals surface area contributed by atoms with Crippen LogP contribution in [-0.2, 0) is 0 Å². The van der Waals surface area contributed by atoms with E-state index in [0.29, 0.717) is 16.0 Å². The lowest BCUT2D eigenvalue weighted by atomic mass is 9.90. The Morgan fingerprint density at radius 1 is 1.00 bits per heavy atom. The van der Waals surface area contributed by atoms with E-state index in [9.17, 15) is 0 Å². The molecule has 0 radical (unpaired) electrons. The molecule has 0 aromatic heterocycles. The number of rotatable bonds is 5. The van der Waals surface area contributed by atoms with Gasteiger partial charge in [-0.25, -0.2) is 0 Å². The maximum absolute atomic E-state index is 6.03. The van der Waals surface area contributed by atoms with Crippen LogP contribution in [0, 0.1) is 0 Å². The van der Waals surface area contributed by atoms with Crippen molar-refractivity contribution in [2.45, 2.75) is 45.4 Å². The number of hydrogen-bond acceptors (Lipinski definition) is 0. The first kappa shape index (κ1) is 12.9. The van der Waals surface area contributed by atoms with Gasteiger partial charge in [-0.05, 0) is 36.5 Å². The van der Waals surface area contributed by atoms with Crippen LogP contribution >= 0.6 is 23.2 Å². The molecule has 1 aromatic carbocycles. The lowest BCUT2D eigenvalue weighted by molar-refractivity contribution is 0.561. The van der Waals surface area contributed by atoms with E-state index >= 15 is 0 Å².